The van der Waals surface area contributed by atoms with Crippen LogP contribution >= 0.6 is 0 Å². The van der Waals surface area contributed by atoms with Gasteiger partial charge in [-0.25, -0.2) is 0 Å². The van der Waals surface area contributed by atoms with Crippen LogP contribution in [-0.4, -0.2) is 34.5 Å². The molecule has 1 N–H and O–H groups in total. The van der Waals surface area contributed by atoms with Gasteiger partial charge in [0.15, 0.2) is 5.76 Å². The molecule has 3 aromatic rings. The van der Waals surface area contributed by atoms with Gasteiger partial charge >= 0.3 is 0 Å². The van der Waals surface area contributed by atoms with E-state index in [1.807, 2.05) is 54.9 Å². The molecule has 7 nitrogen and oxygen atoms in total. The van der Waals surface area contributed by atoms with E-state index in [9.17, 15) is 4.79 Å². The number of carbonyl (C=O) groups excluding carboxylic acids is 1. The Labute approximate surface area is 163 Å². The van der Waals surface area contributed by atoms with Crippen molar-refractivity contribution in [3.8, 4) is 17.1 Å². The Bertz CT molecular complexity index is 1000. The van der Waals surface area contributed by atoms with Crippen LogP contribution in [0.2, 0.25) is 0 Å². The average molecular weight is 380 g/mol. The zero-order chi connectivity index (χ0) is 19.7. The minimum Gasteiger partial charge on any atom is -0.497 e. The summed E-state index contributed by atoms with van der Waals surface area (Å²) in [5.41, 5.74) is 3.06. The first-order chi connectivity index (χ1) is 13.5. The van der Waals surface area contributed by atoms with Crippen LogP contribution in [-0.2, 0) is 16.8 Å². The van der Waals surface area contributed by atoms with Crippen LogP contribution in [0, 0.1) is 13.8 Å². The average Bonchev–Trinajstić information content (AvgIpc) is 3.24. The maximum Gasteiger partial charge on any atom is 0.232 e. The lowest BCUT2D eigenvalue weighted by Gasteiger charge is -2.13. The van der Waals surface area contributed by atoms with Crippen molar-refractivity contribution < 1.29 is 14.1 Å². The molecule has 1 amide bonds. The number of rotatable bonds is 7. The van der Waals surface area contributed by atoms with Gasteiger partial charge in [0.2, 0.25) is 5.91 Å². The predicted molar refractivity (Wildman–Crippen MR) is 104 cm³/mol. The number of aromatic nitrogens is 3. The van der Waals surface area contributed by atoms with E-state index in [-0.39, 0.29) is 5.91 Å². The van der Waals surface area contributed by atoms with Crippen molar-refractivity contribution in [3.63, 3.8) is 0 Å². The van der Waals surface area contributed by atoms with Crippen LogP contribution in [0.25, 0.3) is 11.3 Å². The molecule has 7 heteroatoms. The minimum absolute atomic E-state index is 0.000441. The summed E-state index contributed by atoms with van der Waals surface area (Å²) in [6.45, 7) is 5.16. The molecule has 2 heterocycles. The summed E-state index contributed by atoms with van der Waals surface area (Å²) in [4.78, 5) is 12.8. The van der Waals surface area contributed by atoms with Gasteiger partial charge in [0.05, 0.1) is 30.5 Å². The molecule has 0 radical (unpaired) electrons. The van der Waals surface area contributed by atoms with E-state index in [0.717, 1.165) is 35.5 Å². The summed E-state index contributed by atoms with van der Waals surface area (Å²) in [5.74, 6) is 1.38. The number of carbonyl (C=O) groups is 1. The largest absolute Gasteiger partial charge is 0.497 e. The molecule has 146 valence electrons. The number of ether oxygens (including phenoxy) is 1. The van der Waals surface area contributed by atoms with Crippen LogP contribution in [0.5, 0.6) is 5.75 Å². The molecule has 28 heavy (non-hydrogen) atoms. The fourth-order valence-electron chi connectivity index (χ4n) is 3.48. The first-order valence-electron chi connectivity index (χ1n) is 9.43. The number of methoxy groups -OCH3 is 1. The lowest BCUT2D eigenvalue weighted by molar-refractivity contribution is -0.123. The molecule has 1 aromatic carbocycles. The summed E-state index contributed by atoms with van der Waals surface area (Å²) in [7, 11) is 1.63. The van der Waals surface area contributed by atoms with Crippen LogP contribution in [0.1, 0.15) is 29.9 Å². The second-order valence-corrected chi connectivity index (χ2v) is 7.30. The van der Waals surface area contributed by atoms with E-state index < -0.39 is 5.41 Å². The smallest absolute Gasteiger partial charge is 0.232 e. The van der Waals surface area contributed by atoms with Gasteiger partial charge in [-0.15, -0.1) is 0 Å². The maximum atomic E-state index is 12.8. The normalized spacial score (nSPS) is 14.7. The van der Waals surface area contributed by atoms with Crippen molar-refractivity contribution in [3.05, 3.63) is 53.5 Å². The minimum atomic E-state index is -0.574. The summed E-state index contributed by atoms with van der Waals surface area (Å²) < 4.78 is 12.7. The molecule has 2 aromatic heterocycles. The van der Waals surface area contributed by atoms with E-state index in [1.165, 1.54) is 0 Å². The first-order valence-corrected chi connectivity index (χ1v) is 9.43. The number of nitrogens with zero attached hydrogens (tertiary/aromatic N) is 3. The predicted octanol–water partition coefficient (Wildman–Crippen LogP) is 3.01. The number of benzene rings is 1. The molecule has 1 aliphatic rings. The van der Waals surface area contributed by atoms with Gasteiger partial charge in [0.1, 0.15) is 5.75 Å². The highest BCUT2D eigenvalue weighted by atomic mass is 16.5. The van der Waals surface area contributed by atoms with Crippen molar-refractivity contribution in [1.82, 2.24) is 20.3 Å². The highest BCUT2D eigenvalue weighted by molar-refractivity contribution is 5.91. The molecule has 0 saturated heterocycles. The third-order valence-corrected chi connectivity index (χ3v) is 5.25. The lowest BCUT2D eigenvalue weighted by atomic mass is 10.0. The van der Waals surface area contributed by atoms with Crippen molar-refractivity contribution >= 4 is 5.91 Å². The quantitative estimate of drug-likeness (QED) is 0.681. The molecule has 0 aliphatic heterocycles. The number of amides is 1. The highest BCUT2D eigenvalue weighted by Gasteiger charge is 2.53. The van der Waals surface area contributed by atoms with Gasteiger partial charge in [-0.3, -0.25) is 9.48 Å². The first kappa shape index (κ1) is 18.3. The van der Waals surface area contributed by atoms with Crippen molar-refractivity contribution in [2.45, 2.75) is 38.6 Å². The Morgan fingerprint density at radius 1 is 1.29 bits per heavy atom. The van der Waals surface area contributed by atoms with Gasteiger partial charge in [-0.05, 0) is 44.9 Å². The zero-order valence-electron chi connectivity index (χ0n) is 16.4. The summed E-state index contributed by atoms with van der Waals surface area (Å²) in [6.07, 6.45) is 1.56. The Morgan fingerprint density at radius 3 is 2.79 bits per heavy atom. The number of nitrogens with one attached hydrogen (secondary N) is 1. The van der Waals surface area contributed by atoms with E-state index in [0.29, 0.717) is 24.5 Å². The molecular formula is C21H24N4O3. The Kier molecular flexibility index (Phi) is 4.66. The standard InChI is InChI=1S/C21H24N4O3/c1-14-11-15(2)25(23-14)10-9-22-20(26)21(7-8-21)19-13-18(28-24-19)16-5-4-6-17(12-16)27-3/h4-6,11-13H,7-10H2,1-3H3,(H,22,26). The molecule has 0 spiro atoms. The SMILES string of the molecule is COc1cccc(-c2cc(C3(C(=O)NCCn4nc(C)cc4C)CC3)no2)c1. The second kappa shape index (κ2) is 7.14. The fourth-order valence-corrected chi connectivity index (χ4v) is 3.48. The molecule has 1 aliphatic carbocycles. The van der Waals surface area contributed by atoms with E-state index >= 15 is 0 Å². The summed E-state index contributed by atoms with van der Waals surface area (Å²) >= 11 is 0. The lowest BCUT2D eigenvalue weighted by Crippen LogP contribution is -2.37. The monoisotopic (exact) mass is 380 g/mol. The molecule has 0 atom stereocenters. The van der Waals surface area contributed by atoms with Gasteiger partial charge in [-0.1, -0.05) is 17.3 Å². The molecule has 4 rings (SSSR count). The van der Waals surface area contributed by atoms with Crippen molar-refractivity contribution in [2.75, 3.05) is 13.7 Å². The van der Waals surface area contributed by atoms with Crippen molar-refractivity contribution in [1.29, 1.82) is 0 Å². The number of hydrogen-bond acceptors (Lipinski definition) is 5. The van der Waals surface area contributed by atoms with E-state index in [1.54, 1.807) is 7.11 Å². The Balaban J connectivity index is 1.43. The topological polar surface area (TPSA) is 82.2 Å². The van der Waals surface area contributed by atoms with Crippen molar-refractivity contribution in [2.24, 2.45) is 0 Å². The van der Waals surface area contributed by atoms with Crippen LogP contribution in [0.3, 0.4) is 0 Å². The van der Waals surface area contributed by atoms with Gasteiger partial charge in [-0.2, -0.15) is 5.10 Å². The molecular weight excluding hydrogens is 356 g/mol. The summed E-state index contributed by atoms with van der Waals surface area (Å²) in [6, 6.07) is 11.5. The van der Waals surface area contributed by atoms with Gasteiger partial charge in [0.25, 0.3) is 0 Å². The third kappa shape index (κ3) is 3.40. The van der Waals surface area contributed by atoms with Crippen LogP contribution in [0.4, 0.5) is 0 Å². The molecule has 0 unspecified atom stereocenters. The second-order valence-electron chi connectivity index (χ2n) is 7.30. The fraction of sp³-hybridized carbons (Fsp3) is 0.381. The van der Waals surface area contributed by atoms with Gasteiger partial charge in [0, 0.05) is 23.9 Å². The number of aryl methyl sites for hydroxylation is 2. The van der Waals surface area contributed by atoms with E-state index in [4.69, 9.17) is 9.26 Å². The molecule has 1 fully saturated rings. The Hall–Kier alpha value is -3.09. The molecule has 1 saturated carbocycles. The Morgan fingerprint density at radius 2 is 2.11 bits per heavy atom. The van der Waals surface area contributed by atoms with Gasteiger partial charge < -0.3 is 14.6 Å². The maximum absolute atomic E-state index is 12.8. The number of hydrogen-bond donors (Lipinski definition) is 1. The zero-order valence-corrected chi connectivity index (χ0v) is 16.4. The molecule has 0 bridgehead atoms. The van der Waals surface area contributed by atoms with Crippen LogP contribution in [0.15, 0.2) is 40.9 Å². The third-order valence-electron chi connectivity index (χ3n) is 5.25. The summed E-state index contributed by atoms with van der Waals surface area (Å²) in [5, 5.41) is 11.6. The highest BCUT2D eigenvalue weighted by Crippen LogP contribution is 2.48. The van der Waals surface area contributed by atoms with Crippen LogP contribution < -0.4 is 10.1 Å². The van der Waals surface area contributed by atoms with E-state index in [2.05, 4.69) is 15.6 Å².